The first-order valence-electron chi connectivity index (χ1n) is 7.29. The fourth-order valence-corrected chi connectivity index (χ4v) is 2.49. The molecule has 0 saturated carbocycles. The molecule has 5 heteroatoms. The summed E-state index contributed by atoms with van der Waals surface area (Å²) in [5, 5.41) is 4.61. The number of fused-ring (bicyclic) bond motifs is 1. The molecule has 2 rings (SSSR count). The van der Waals surface area contributed by atoms with Crippen LogP contribution in [0.25, 0.3) is 10.9 Å². The number of halogens is 1. The van der Waals surface area contributed by atoms with Gasteiger partial charge in [0.2, 0.25) is 0 Å². The lowest BCUT2D eigenvalue weighted by Crippen LogP contribution is -2.30. The summed E-state index contributed by atoms with van der Waals surface area (Å²) in [5.74, 6) is 1.38. The first kappa shape index (κ1) is 16.0. The van der Waals surface area contributed by atoms with Crippen molar-refractivity contribution >= 4 is 22.5 Å². The smallest absolute Gasteiger partial charge is 0.261 e. The van der Waals surface area contributed by atoms with Crippen molar-refractivity contribution in [3.8, 4) is 0 Å². The van der Waals surface area contributed by atoms with Crippen molar-refractivity contribution in [1.29, 1.82) is 0 Å². The first-order chi connectivity index (χ1) is 9.90. The van der Waals surface area contributed by atoms with Crippen LogP contribution in [0.15, 0.2) is 23.0 Å². The van der Waals surface area contributed by atoms with Crippen LogP contribution in [0.5, 0.6) is 0 Å². The average Bonchev–Trinajstić information content (AvgIpc) is 2.42. The van der Waals surface area contributed by atoms with Crippen molar-refractivity contribution in [2.75, 3.05) is 6.54 Å². The minimum atomic E-state index is -0.0378. The van der Waals surface area contributed by atoms with Gasteiger partial charge in [-0.3, -0.25) is 9.36 Å². The van der Waals surface area contributed by atoms with Gasteiger partial charge in [0.05, 0.1) is 16.9 Å². The van der Waals surface area contributed by atoms with E-state index in [1.807, 2.05) is 6.92 Å². The minimum absolute atomic E-state index is 0.0184. The van der Waals surface area contributed by atoms with Gasteiger partial charge >= 0.3 is 0 Å². The lowest BCUT2D eigenvalue weighted by molar-refractivity contribution is 0.473. The van der Waals surface area contributed by atoms with Crippen molar-refractivity contribution in [3.05, 3.63) is 39.4 Å². The molecule has 114 valence electrons. The Morgan fingerprint density at radius 1 is 1.33 bits per heavy atom. The first-order valence-corrected chi connectivity index (χ1v) is 7.67. The SMILES string of the molecule is CC(C)CCN[C@@H](C)c1nc2cc(Cl)ccc2c(=O)n1C. The Hall–Kier alpha value is -1.39. The summed E-state index contributed by atoms with van der Waals surface area (Å²) in [7, 11) is 1.76. The maximum Gasteiger partial charge on any atom is 0.261 e. The molecule has 1 aromatic carbocycles. The Morgan fingerprint density at radius 2 is 2.05 bits per heavy atom. The Balaban J connectivity index is 2.35. The molecule has 0 aliphatic rings. The summed E-state index contributed by atoms with van der Waals surface area (Å²) in [6.45, 7) is 7.32. The Labute approximate surface area is 130 Å². The van der Waals surface area contributed by atoms with E-state index >= 15 is 0 Å². The molecule has 0 bridgehead atoms. The highest BCUT2D eigenvalue weighted by Crippen LogP contribution is 2.17. The predicted molar refractivity (Wildman–Crippen MR) is 87.9 cm³/mol. The third kappa shape index (κ3) is 3.63. The van der Waals surface area contributed by atoms with E-state index in [0.29, 0.717) is 21.8 Å². The van der Waals surface area contributed by atoms with E-state index in [1.54, 1.807) is 29.8 Å². The average molecular weight is 308 g/mol. The van der Waals surface area contributed by atoms with Crippen molar-refractivity contribution in [3.63, 3.8) is 0 Å². The van der Waals surface area contributed by atoms with Crippen LogP contribution in [-0.2, 0) is 7.05 Å². The van der Waals surface area contributed by atoms with Crippen LogP contribution in [0, 0.1) is 5.92 Å². The third-order valence-corrected chi connectivity index (χ3v) is 3.87. The molecule has 0 aliphatic carbocycles. The molecule has 0 amide bonds. The second-order valence-corrected chi connectivity index (χ2v) is 6.29. The zero-order valence-corrected chi connectivity index (χ0v) is 13.7. The maximum absolute atomic E-state index is 12.4. The van der Waals surface area contributed by atoms with Gasteiger partial charge < -0.3 is 5.32 Å². The summed E-state index contributed by atoms with van der Waals surface area (Å²) >= 11 is 6.00. The normalized spacial score (nSPS) is 13.0. The quantitative estimate of drug-likeness (QED) is 0.922. The zero-order chi connectivity index (χ0) is 15.6. The molecular weight excluding hydrogens is 286 g/mol. The molecule has 1 heterocycles. The van der Waals surface area contributed by atoms with Gasteiger partial charge in [0.15, 0.2) is 0 Å². The van der Waals surface area contributed by atoms with E-state index in [9.17, 15) is 4.79 Å². The number of rotatable bonds is 5. The highest BCUT2D eigenvalue weighted by molar-refractivity contribution is 6.31. The van der Waals surface area contributed by atoms with Gasteiger partial charge in [-0.15, -0.1) is 0 Å². The third-order valence-electron chi connectivity index (χ3n) is 3.63. The number of nitrogens with zero attached hydrogens (tertiary/aromatic N) is 2. The van der Waals surface area contributed by atoms with Crippen LogP contribution < -0.4 is 10.9 Å². The number of nitrogens with one attached hydrogen (secondary N) is 1. The number of aromatic nitrogens is 2. The molecule has 21 heavy (non-hydrogen) atoms. The van der Waals surface area contributed by atoms with Crippen LogP contribution >= 0.6 is 11.6 Å². The van der Waals surface area contributed by atoms with Crippen molar-refractivity contribution in [2.45, 2.75) is 33.2 Å². The number of hydrogen-bond donors (Lipinski definition) is 1. The molecule has 1 N–H and O–H groups in total. The van der Waals surface area contributed by atoms with Crippen molar-refractivity contribution in [2.24, 2.45) is 13.0 Å². The molecule has 0 radical (unpaired) electrons. The summed E-state index contributed by atoms with van der Waals surface area (Å²) in [6, 6.07) is 5.21. The van der Waals surface area contributed by atoms with Crippen molar-refractivity contribution < 1.29 is 0 Å². The van der Waals surface area contributed by atoms with Gasteiger partial charge in [-0.1, -0.05) is 25.4 Å². The Morgan fingerprint density at radius 3 is 2.71 bits per heavy atom. The second-order valence-electron chi connectivity index (χ2n) is 5.85. The van der Waals surface area contributed by atoms with Crippen LogP contribution in [-0.4, -0.2) is 16.1 Å². The van der Waals surface area contributed by atoms with Gasteiger partial charge in [-0.05, 0) is 44.0 Å². The lowest BCUT2D eigenvalue weighted by atomic mass is 10.1. The largest absolute Gasteiger partial charge is 0.308 e. The van der Waals surface area contributed by atoms with Crippen LogP contribution in [0.1, 0.15) is 39.1 Å². The summed E-state index contributed by atoms with van der Waals surface area (Å²) < 4.78 is 1.61. The molecule has 0 saturated heterocycles. The lowest BCUT2D eigenvalue weighted by Gasteiger charge is -2.17. The molecule has 0 unspecified atom stereocenters. The molecule has 0 spiro atoms. The monoisotopic (exact) mass is 307 g/mol. The highest BCUT2D eigenvalue weighted by Gasteiger charge is 2.14. The molecule has 0 fully saturated rings. The van der Waals surface area contributed by atoms with Crippen molar-refractivity contribution in [1.82, 2.24) is 14.9 Å². The molecule has 1 atom stereocenters. The van der Waals surface area contributed by atoms with Crippen LogP contribution in [0.3, 0.4) is 0 Å². The molecule has 0 aliphatic heterocycles. The van der Waals surface area contributed by atoms with E-state index in [-0.39, 0.29) is 11.6 Å². The molecular formula is C16H22ClN3O. The van der Waals surface area contributed by atoms with E-state index in [1.165, 1.54) is 0 Å². The van der Waals surface area contributed by atoms with Gasteiger partial charge in [-0.2, -0.15) is 0 Å². The summed E-state index contributed by atoms with van der Waals surface area (Å²) in [6.07, 6.45) is 1.09. The van der Waals surface area contributed by atoms with Gasteiger partial charge in [0.1, 0.15) is 5.82 Å². The molecule has 4 nitrogen and oxygen atoms in total. The predicted octanol–water partition coefficient (Wildman–Crippen LogP) is 3.28. The topological polar surface area (TPSA) is 46.9 Å². The minimum Gasteiger partial charge on any atom is -0.308 e. The standard InChI is InChI=1S/C16H22ClN3O/c1-10(2)7-8-18-11(3)15-19-14-9-12(17)5-6-13(14)16(21)20(15)4/h5-6,9-11,18H,7-8H2,1-4H3/t11-/m0/s1. The maximum atomic E-state index is 12.4. The van der Waals surface area contributed by atoms with E-state index < -0.39 is 0 Å². The summed E-state index contributed by atoms with van der Waals surface area (Å²) in [5.41, 5.74) is 0.613. The van der Waals surface area contributed by atoms with Crippen LogP contribution in [0.4, 0.5) is 0 Å². The molecule has 2 aromatic rings. The summed E-state index contributed by atoms with van der Waals surface area (Å²) in [4.78, 5) is 17.0. The zero-order valence-electron chi connectivity index (χ0n) is 13.0. The Kier molecular flexibility index (Phi) is 5.01. The fourth-order valence-electron chi connectivity index (χ4n) is 2.33. The second kappa shape index (κ2) is 6.58. The van der Waals surface area contributed by atoms with E-state index in [2.05, 4.69) is 24.1 Å². The van der Waals surface area contributed by atoms with Gasteiger partial charge in [-0.25, -0.2) is 4.98 Å². The highest BCUT2D eigenvalue weighted by atomic mass is 35.5. The van der Waals surface area contributed by atoms with E-state index in [4.69, 9.17) is 11.6 Å². The molecule has 1 aromatic heterocycles. The van der Waals surface area contributed by atoms with Gasteiger partial charge in [0, 0.05) is 12.1 Å². The van der Waals surface area contributed by atoms with Crippen LogP contribution in [0.2, 0.25) is 5.02 Å². The Bertz CT molecular complexity index is 694. The number of hydrogen-bond acceptors (Lipinski definition) is 3. The fraction of sp³-hybridized carbons (Fsp3) is 0.500. The number of benzene rings is 1. The van der Waals surface area contributed by atoms with E-state index in [0.717, 1.165) is 18.8 Å². The van der Waals surface area contributed by atoms with Gasteiger partial charge in [0.25, 0.3) is 5.56 Å².